The third-order valence-electron chi connectivity index (χ3n) is 6.42. The van der Waals surface area contributed by atoms with E-state index in [1.54, 1.807) is 6.26 Å². The van der Waals surface area contributed by atoms with Gasteiger partial charge in [0.2, 0.25) is 5.91 Å². The number of benzene rings is 1. The molecule has 0 saturated carbocycles. The lowest BCUT2D eigenvalue weighted by Gasteiger charge is -2.38. The molecule has 2 aliphatic heterocycles. The Kier molecular flexibility index (Phi) is 6.02. The number of nitrogens with zero attached hydrogens (tertiary/aromatic N) is 2. The van der Waals surface area contributed by atoms with Crippen LogP contribution in [0.1, 0.15) is 37.3 Å². The van der Waals surface area contributed by atoms with Crippen molar-refractivity contribution in [2.24, 2.45) is 11.8 Å². The summed E-state index contributed by atoms with van der Waals surface area (Å²) in [5.74, 6) is 0.799. The lowest BCUT2D eigenvalue weighted by molar-refractivity contribution is -0.134. The van der Waals surface area contributed by atoms with Crippen LogP contribution in [-0.4, -0.2) is 60.1 Å². The van der Waals surface area contributed by atoms with Gasteiger partial charge in [-0.15, -0.1) is 0 Å². The molecule has 2 unspecified atom stereocenters. The number of fused-ring (bicyclic) bond motifs is 1. The second-order valence-electron chi connectivity index (χ2n) is 8.58. The molecule has 2 saturated heterocycles. The van der Waals surface area contributed by atoms with Gasteiger partial charge in [0, 0.05) is 37.2 Å². The first-order valence-corrected chi connectivity index (χ1v) is 10.8. The number of carbonyl (C=O) groups is 1. The van der Waals surface area contributed by atoms with Crippen molar-refractivity contribution in [1.29, 1.82) is 0 Å². The highest BCUT2D eigenvalue weighted by Crippen LogP contribution is 2.27. The Hall–Kier alpha value is -1.85. The minimum Gasteiger partial charge on any atom is -0.464 e. The summed E-state index contributed by atoms with van der Waals surface area (Å²) in [5, 5.41) is 10.8. The summed E-state index contributed by atoms with van der Waals surface area (Å²) in [5.41, 5.74) is 3.07. The van der Waals surface area contributed by atoms with Crippen molar-refractivity contribution < 1.29 is 14.3 Å². The van der Waals surface area contributed by atoms with Crippen LogP contribution in [0.5, 0.6) is 0 Å². The predicted molar refractivity (Wildman–Crippen MR) is 110 cm³/mol. The first-order chi connectivity index (χ1) is 13.7. The molecule has 0 aliphatic carbocycles. The highest BCUT2D eigenvalue weighted by Gasteiger charge is 2.31. The zero-order valence-corrected chi connectivity index (χ0v) is 16.9. The van der Waals surface area contributed by atoms with Gasteiger partial charge in [0.25, 0.3) is 0 Å². The number of aliphatic hydroxyl groups excluding tert-OH is 1. The van der Waals surface area contributed by atoms with Crippen LogP contribution >= 0.6 is 0 Å². The summed E-state index contributed by atoms with van der Waals surface area (Å²) < 4.78 is 5.67. The molecule has 5 nitrogen and oxygen atoms in total. The van der Waals surface area contributed by atoms with Gasteiger partial charge in [-0.3, -0.25) is 4.79 Å². The van der Waals surface area contributed by atoms with Crippen molar-refractivity contribution in [3.8, 4) is 0 Å². The number of hydrogen-bond donors (Lipinski definition) is 1. The molecular formula is C23H32N2O3. The van der Waals surface area contributed by atoms with Crippen molar-refractivity contribution in [3.63, 3.8) is 0 Å². The number of hydrogen-bond acceptors (Lipinski definition) is 4. The lowest BCUT2D eigenvalue weighted by Crippen LogP contribution is -2.48. The Labute approximate surface area is 167 Å². The number of amides is 1. The highest BCUT2D eigenvalue weighted by atomic mass is 16.3. The van der Waals surface area contributed by atoms with Crippen LogP contribution in [0.3, 0.4) is 0 Å². The summed E-state index contributed by atoms with van der Waals surface area (Å²) in [6, 6.07) is 6.22. The average molecular weight is 385 g/mol. The normalized spacial score (nSPS) is 23.6. The Morgan fingerprint density at radius 2 is 2.00 bits per heavy atom. The quantitative estimate of drug-likeness (QED) is 0.832. The van der Waals surface area contributed by atoms with E-state index in [-0.39, 0.29) is 18.4 Å². The number of likely N-dealkylation sites (tertiary alicyclic amines) is 2. The molecule has 1 aromatic heterocycles. The van der Waals surface area contributed by atoms with E-state index in [1.165, 1.54) is 31.5 Å². The maximum absolute atomic E-state index is 13.1. The summed E-state index contributed by atoms with van der Waals surface area (Å²) in [4.78, 5) is 17.6. The molecule has 152 valence electrons. The molecule has 5 heteroatoms. The van der Waals surface area contributed by atoms with Crippen LogP contribution < -0.4 is 0 Å². The molecule has 2 aliphatic rings. The maximum atomic E-state index is 13.1. The van der Waals surface area contributed by atoms with Gasteiger partial charge in [-0.05, 0) is 68.3 Å². The summed E-state index contributed by atoms with van der Waals surface area (Å²) in [6.07, 6.45) is 6.66. The number of carbonyl (C=O) groups excluding carboxylic acids is 1. The van der Waals surface area contributed by atoms with Gasteiger partial charge < -0.3 is 19.3 Å². The predicted octanol–water partition coefficient (Wildman–Crippen LogP) is 3.09. The SMILES string of the molecule is CCc1ccc2occ(CC(=O)N3CC(CO)CC(CN4CCCC4)C3)c2c1. The third-order valence-corrected chi connectivity index (χ3v) is 6.42. The number of rotatable bonds is 6. The van der Waals surface area contributed by atoms with E-state index in [4.69, 9.17) is 4.42 Å². The molecule has 28 heavy (non-hydrogen) atoms. The fraction of sp³-hybridized carbons (Fsp3) is 0.609. The highest BCUT2D eigenvalue weighted by molar-refractivity contribution is 5.88. The van der Waals surface area contributed by atoms with Gasteiger partial charge in [0.1, 0.15) is 5.58 Å². The van der Waals surface area contributed by atoms with Crippen molar-refractivity contribution in [2.75, 3.05) is 39.3 Å². The van der Waals surface area contributed by atoms with Crippen molar-refractivity contribution in [3.05, 3.63) is 35.6 Å². The van der Waals surface area contributed by atoms with Crippen LogP contribution in [0.25, 0.3) is 11.0 Å². The van der Waals surface area contributed by atoms with Gasteiger partial charge in [0.15, 0.2) is 0 Å². The number of furan rings is 1. The van der Waals surface area contributed by atoms with Crippen LogP contribution in [0.15, 0.2) is 28.9 Å². The van der Waals surface area contributed by atoms with E-state index in [1.807, 2.05) is 11.0 Å². The number of piperidine rings is 1. The van der Waals surface area contributed by atoms with Crippen LogP contribution in [0.2, 0.25) is 0 Å². The monoisotopic (exact) mass is 384 g/mol. The average Bonchev–Trinajstić information content (AvgIpc) is 3.37. The van der Waals surface area contributed by atoms with Gasteiger partial charge in [-0.2, -0.15) is 0 Å². The smallest absolute Gasteiger partial charge is 0.227 e. The van der Waals surface area contributed by atoms with Crippen LogP contribution in [-0.2, 0) is 17.6 Å². The molecule has 1 aromatic carbocycles. The summed E-state index contributed by atoms with van der Waals surface area (Å²) in [7, 11) is 0. The Bertz CT molecular complexity index is 809. The Morgan fingerprint density at radius 1 is 1.21 bits per heavy atom. The summed E-state index contributed by atoms with van der Waals surface area (Å²) >= 11 is 0. The topological polar surface area (TPSA) is 56.9 Å². The second-order valence-corrected chi connectivity index (χ2v) is 8.58. The standard InChI is InChI=1S/C23H32N2O3/c1-2-17-5-6-22-21(10-17)20(16-28-22)11-23(27)25-13-18(9-19(14-25)15-26)12-24-7-3-4-8-24/h5-6,10,16,18-19,26H,2-4,7-9,11-15H2,1H3. The molecule has 0 radical (unpaired) electrons. The molecule has 2 aromatic rings. The molecule has 3 heterocycles. The molecule has 0 bridgehead atoms. The fourth-order valence-corrected chi connectivity index (χ4v) is 4.88. The van der Waals surface area contributed by atoms with Gasteiger partial charge in [-0.25, -0.2) is 0 Å². The first kappa shape index (κ1) is 19.5. The van der Waals surface area contributed by atoms with Crippen LogP contribution in [0, 0.1) is 11.8 Å². The molecule has 1 amide bonds. The Balaban J connectivity index is 1.45. The second kappa shape index (κ2) is 8.66. The summed E-state index contributed by atoms with van der Waals surface area (Å²) in [6.45, 7) is 7.17. The molecule has 0 spiro atoms. The zero-order chi connectivity index (χ0) is 19.5. The molecule has 2 atom stereocenters. The number of aryl methyl sites for hydroxylation is 1. The van der Waals surface area contributed by atoms with Crippen molar-refractivity contribution in [1.82, 2.24) is 9.80 Å². The van der Waals surface area contributed by atoms with Gasteiger partial charge in [-0.1, -0.05) is 13.0 Å². The van der Waals surface area contributed by atoms with E-state index < -0.39 is 0 Å². The fourth-order valence-electron chi connectivity index (χ4n) is 4.88. The largest absolute Gasteiger partial charge is 0.464 e. The minimum atomic E-state index is 0.147. The van der Waals surface area contributed by atoms with E-state index in [0.29, 0.717) is 18.9 Å². The Morgan fingerprint density at radius 3 is 2.75 bits per heavy atom. The van der Waals surface area contributed by atoms with E-state index in [2.05, 4.69) is 24.0 Å². The third kappa shape index (κ3) is 4.26. The van der Waals surface area contributed by atoms with Crippen molar-refractivity contribution >= 4 is 16.9 Å². The first-order valence-electron chi connectivity index (χ1n) is 10.8. The van der Waals surface area contributed by atoms with Crippen LogP contribution in [0.4, 0.5) is 0 Å². The van der Waals surface area contributed by atoms with Gasteiger partial charge in [0.05, 0.1) is 12.7 Å². The molecule has 1 N–H and O–H groups in total. The van der Waals surface area contributed by atoms with Gasteiger partial charge >= 0.3 is 0 Å². The number of aliphatic hydroxyl groups is 1. The van der Waals surface area contributed by atoms with E-state index in [0.717, 1.165) is 42.5 Å². The molecule has 4 rings (SSSR count). The molecular weight excluding hydrogens is 352 g/mol. The van der Waals surface area contributed by atoms with Crippen molar-refractivity contribution in [2.45, 2.75) is 39.0 Å². The molecule has 2 fully saturated rings. The minimum absolute atomic E-state index is 0.147. The van der Waals surface area contributed by atoms with E-state index >= 15 is 0 Å². The lowest BCUT2D eigenvalue weighted by atomic mass is 9.89. The van der Waals surface area contributed by atoms with E-state index in [9.17, 15) is 9.90 Å². The maximum Gasteiger partial charge on any atom is 0.227 e. The zero-order valence-electron chi connectivity index (χ0n) is 16.9.